The highest BCUT2D eigenvalue weighted by molar-refractivity contribution is 5.65. The molecule has 5 aromatic rings. The average Bonchev–Trinajstić information content (AvgIpc) is 3.47. The third kappa shape index (κ3) is 3.98. The van der Waals surface area contributed by atoms with Crippen LogP contribution in [0.1, 0.15) is 18.5 Å². The number of halogens is 2. The zero-order chi connectivity index (χ0) is 22.9. The molecule has 0 saturated heterocycles. The van der Waals surface area contributed by atoms with Crippen LogP contribution in [0.15, 0.2) is 67.4 Å². The van der Waals surface area contributed by atoms with Crippen LogP contribution in [0.2, 0.25) is 0 Å². The van der Waals surface area contributed by atoms with E-state index in [-0.39, 0.29) is 5.56 Å². The Kier molecular flexibility index (Phi) is 5.17. The van der Waals surface area contributed by atoms with Gasteiger partial charge in [0.15, 0.2) is 5.65 Å². The fourth-order valence-electron chi connectivity index (χ4n) is 3.52. The van der Waals surface area contributed by atoms with Crippen LogP contribution in [0.4, 0.5) is 14.6 Å². The average molecular weight is 447 g/mol. The van der Waals surface area contributed by atoms with Crippen LogP contribution < -0.4 is 10.1 Å². The Balaban J connectivity index is 1.44. The summed E-state index contributed by atoms with van der Waals surface area (Å²) in [5.74, 6) is 0.0418. The molecular weight excluding hydrogens is 428 g/mol. The first kappa shape index (κ1) is 20.6. The molecule has 4 aromatic heterocycles. The molecule has 8 nitrogen and oxygen atoms in total. The van der Waals surface area contributed by atoms with E-state index in [9.17, 15) is 8.78 Å². The monoisotopic (exact) mass is 447 g/mol. The van der Waals surface area contributed by atoms with Crippen LogP contribution in [0.25, 0.3) is 22.5 Å². The van der Waals surface area contributed by atoms with Gasteiger partial charge in [-0.2, -0.15) is 10.2 Å². The molecule has 33 heavy (non-hydrogen) atoms. The molecule has 1 N–H and O–H groups in total. The van der Waals surface area contributed by atoms with Gasteiger partial charge in [0.05, 0.1) is 25.5 Å². The fraction of sp³-hybridized carbons (Fsp3) is 0.130. The standard InChI is InChI=1S/C23H19F2N7O/c1-14(18-9-17(24)4-5-19(18)25)29-21-7-8-31-23(30-21)20(12-28-31)32-13-16(11-27-32)15-3-6-22(33-2)26-10-15/h3-14H,1-2H3,(H,29,30). The van der Waals surface area contributed by atoms with Gasteiger partial charge in [-0.25, -0.2) is 27.9 Å². The molecule has 0 bridgehead atoms. The molecule has 1 aromatic carbocycles. The SMILES string of the molecule is COc1ccc(-c2cnn(-c3cnn4ccc(NC(C)c5cc(F)ccc5F)nc34)c2)cn1. The Hall–Kier alpha value is -4.34. The molecule has 0 spiro atoms. The summed E-state index contributed by atoms with van der Waals surface area (Å²) >= 11 is 0. The van der Waals surface area contributed by atoms with Crippen LogP contribution in [0.3, 0.4) is 0 Å². The second-order valence-corrected chi connectivity index (χ2v) is 7.41. The molecule has 0 fully saturated rings. The number of nitrogens with one attached hydrogen (secondary N) is 1. The third-order valence-corrected chi connectivity index (χ3v) is 5.25. The Morgan fingerprint density at radius 1 is 1.00 bits per heavy atom. The van der Waals surface area contributed by atoms with Crippen LogP contribution >= 0.6 is 0 Å². The van der Waals surface area contributed by atoms with E-state index in [4.69, 9.17) is 4.74 Å². The first-order valence-electron chi connectivity index (χ1n) is 10.1. The zero-order valence-electron chi connectivity index (χ0n) is 17.8. The van der Waals surface area contributed by atoms with Gasteiger partial charge >= 0.3 is 0 Å². The van der Waals surface area contributed by atoms with E-state index in [1.807, 2.05) is 12.3 Å². The van der Waals surface area contributed by atoms with Gasteiger partial charge in [-0.3, -0.25) is 0 Å². The first-order valence-corrected chi connectivity index (χ1v) is 10.1. The van der Waals surface area contributed by atoms with E-state index in [0.29, 0.717) is 23.0 Å². The van der Waals surface area contributed by atoms with Crippen molar-refractivity contribution in [2.45, 2.75) is 13.0 Å². The minimum Gasteiger partial charge on any atom is -0.481 e. The number of pyridine rings is 1. The molecule has 1 atom stereocenters. The van der Waals surface area contributed by atoms with E-state index >= 15 is 0 Å². The van der Waals surface area contributed by atoms with Gasteiger partial charge in [-0.1, -0.05) is 0 Å². The highest BCUT2D eigenvalue weighted by atomic mass is 19.1. The number of ether oxygens (including phenoxy) is 1. The molecule has 0 aliphatic heterocycles. The molecule has 0 aliphatic rings. The van der Waals surface area contributed by atoms with Crippen molar-refractivity contribution in [1.82, 2.24) is 29.4 Å². The van der Waals surface area contributed by atoms with E-state index in [1.54, 1.807) is 60.2 Å². The number of nitrogens with zero attached hydrogens (tertiary/aromatic N) is 6. The summed E-state index contributed by atoms with van der Waals surface area (Å²) in [5, 5.41) is 11.9. The van der Waals surface area contributed by atoms with Crippen molar-refractivity contribution in [2.24, 2.45) is 0 Å². The first-order chi connectivity index (χ1) is 16.0. The van der Waals surface area contributed by atoms with Gasteiger partial charge in [0.2, 0.25) is 5.88 Å². The minimum atomic E-state index is -0.499. The molecule has 4 heterocycles. The topological polar surface area (TPSA) is 82.2 Å². The van der Waals surface area contributed by atoms with E-state index < -0.39 is 17.7 Å². The summed E-state index contributed by atoms with van der Waals surface area (Å²) in [6, 6.07) is 8.28. The largest absolute Gasteiger partial charge is 0.481 e. The Morgan fingerprint density at radius 3 is 2.67 bits per heavy atom. The number of hydrogen-bond donors (Lipinski definition) is 1. The van der Waals surface area contributed by atoms with Crippen LogP contribution in [-0.4, -0.2) is 36.5 Å². The van der Waals surface area contributed by atoms with Crippen molar-refractivity contribution >= 4 is 11.5 Å². The summed E-state index contributed by atoms with van der Waals surface area (Å²) in [4.78, 5) is 8.84. The molecular formula is C23H19F2N7O. The van der Waals surface area contributed by atoms with Crippen molar-refractivity contribution in [1.29, 1.82) is 0 Å². The van der Waals surface area contributed by atoms with Gasteiger partial charge in [0.1, 0.15) is 23.1 Å². The lowest BCUT2D eigenvalue weighted by Gasteiger charge is -2.16. The minimum absolute atomic E-state index is 0.218. The zero-order valence-corrected chi connectivity index (χ0v) is 17.8. The maximum absolute atomic E-state index is 14.1. The number of methoxy groups -OCH3 is 1. The third-order valence-electron chi connectivity index (χ3n) is 5.25. The molecule has 5 rings (SSSR count). The highest BCUT2D eigenvalue weighted by Gasteiger charge is 2.15. The molecule has 1 unspecified atom stereocenters. The maximum atomic E-state index is 14.1. The van der Waals surface area contributed by atoms with E-state index in [2.05, 4.69) is 25.5 Å². The Morgan fingerprint density at radius 2 is 1.88 bits per heavy atom. The van der Waals surface area contributed by atoms with Gasteiger partial charge in [0, 0.05) is 41.3 Å². The highest BCUT2D eigenvalue weighted by Crippen LogP contribution is 2.25. The Labute approximate surface area is 187 Å². The van der Waals surface area contributed by atoms with Gasteiger partial charge in [-0.05, 0) is 37.3 Å². The molecule has 10 heteroatoms. The van der Waals surface area contributed by atoms with Crippen LogP contribution in [0.5, 0.6) is 5.88 Å². The normalized spacial score (nSPS) is 12.1. The van der Waals surface area contributed by atoms with Crippen molar-refractivity contribution in [3.63, 3.8) is 0 Å². The van der Waals surface area contributed by atoms with Crippen molar-refractivity contribution in [2.75, 3.05) is 12.4 Å². The molecule has 0 aliphatic carbocycles. The second-order valence-electron chi connectivity index (χ2n) is 7.41. The summed E-state index contributed by atoms with van der Waals surface area (Å²) in [7, 11) is 1.57. The predicted octanol–water partition coefficient (Wildman–Crippen LogP) is 4.44. The summed E-state index contributed by atoms with van der Waals surface area (Å²) in [6.07, 6.45) is 8.69. The lowest BCUT2D eigenvalue weighted by atomic mass is 10.1. The molecule has 166 valence electrons. The molecule has 0 amide bonds. The molecule has 0 saturated carbocycles. The van der Waals surface area contributed by atoms with Gasteiger partial charge < -0.3 is 10.1 Å². The fourth-order valence-corrected chi connectivity index (χ4v) is 3.52. The van der Waals surface area contributed by atoms with Crippen molar-refractivity contribution in [3.8, 4) is 22.7 Å². The lowest BCUT2D eigenvalue weighted by molar-refractivity contribution is 0.398. The number of fused-ring (bicyclic) bond motifs is 1. The summed E-state index contributed by atoms with van der Waals surface area (Å²) < 4.78 is 36.1. The number of aromatic nitrogens is 6. The van der Waals surface area contributed by atoms with Gasteiger partial charge in [0.25, 0.3) is 0 Å². The number of hydrogen-bond acceptors (Lipinski definition) is 6. The number of anilines is 1. The Bertz CT molecular complexity index is 1430. The van der Waals surface area contributed by atoms with Crippen LogP contribution in [-0.2, 0) is 0 Å². The van der Waals surface area contributed by atoms with E-state index in [1.165, 1.54) is 6.07 Å². The number of benzene rings is 1. The van der Waals surface area contributed by atoms with Crippen molar-refractivity contribution in [3.05, 3.63) is 84.6 Å². The lowest BCUT2D eigenvalue weighted by Crippen LogP contribution is -2.11. The quantitative estimate of drug-likeness (QED) is 0.415. The smallest absolute Gasteiger partial charge is 0.212 e. The maximum Gasteiger partial charge on any atom is 0.212 e. The predicted molar refractivity (Wildman–Crippen MR) is 118 cm³/mol. The molecule has 0 radical (unpaired) electrons. The van der Waals surface area contributed by atoms with E-state index in [0.717, 1.165) is 23.3 Å². The number of rotatable bonds is 6. The summed E-state index contributed by atoms with van der Waals surface area (Å²) in [6.45, 7) is 1.74. The van der Waals surface area contributed by atoms with Gasteiger partial charge in [-0.15, -0.1) is 0 Å². The van der Waals surface area contributed by atoms with Crippen LogP contribution in [0, 0.1) is 11.6 Å². The van der Waals surface area contributed by atoms with Crippen molar-refractivity contribution < 1.29 is 13.5 Å². The summed E-state index contributed by atoms with van der Waals surface area (Å²) in [5.41, 5.74) is 3.19. The second kappa shape index (κ2) is 8.30.